The van der Waals surface area contributed by atoms with Crippen molar-refractivity contribution in [2.75, 3.05) is 24.4 Å². The number of fused-ring (bicyclic) bond motifs is 1. The third-order valence-corrected chi connectivity index (χ3v) is 6.51. The van der Waals surface area contributed by atoms with E-state index in [1.807, 2.05) is 0 Å². The van der Waals surface area contributed by atoms with Gasteiger partial charge in [0.2, 0.25) is 5.91 Å². The van der Waals surface area contributed by atoms with Crippen molar-refractivity contribution in [2.45, 2.75) is 25.8 Å². The van der Waals surface area contributed by atoms with Gasteiger partial charge in [-0.3, -0.25) is 15.2 Å². The number of carbonyl (C=O) groups is 1. The van der Waals surface area contributed by atoms with E-state index in [2.05, 4.69) is 20.7 Å². The van der Waals surface area contributed by atoms with Crippen molar-refractivity contribution < 1.29 is 18.7 Å². The van der Waals surface area contributed by atoms with Gasteiger partial charge in [0.1, 0.15) is 17.7 Å². The van der Waals surface area contributed by atoms with Gasteiger partial charge in [0.05, 0.1) is 25.1 Å². The standard InChI is InChI=1S/C28H28FN7O4/c1-15(37)32-20-7-3-4-8-21(20)36-28(38)34-27(35-36)24(33-17-11-9-16(10-12-17)26(30)31)19-14-22(39-2)25-18(23(19)29)6-5-13-40-25/h3-4,7-12,14,24,33H,5-6,13H2,1-2H3,(H3,30,31)(H,32,37)(H,34,35,38). The number of ether oxygens (including phenoxy) is 2. The zero-order chi connectivity index (χ0) is 28.4. The van der Waals surface area contributed by atoms with E-state index < -0.39 is 17.5 Å². The molecule has 1 atom stereocenters. The highest BCUT2D eigenvalue weighted by Crippen LogP contribution is 2.41. The van der Waals surface area contributed by atoms with Gasteiger partial charge in [-0.2, -0.15) is 4.68 Å². The van der Waals surface area contributed by atoms with Crippen LogP contribution in [0.15, 0.2) is 59.4 Å². The van der Waals surface area contributed by atoms with Gasteiger partial charge in [-0.25, -0.2) is 9.18 Å². The molecule has 1 aliphatic rings. The van der Waals surface area contributed by atoms with Crippen molar-refractivity contribution in [3.05, 3.63) is 93.4 Å². The van der Waals surface area contributed by atoms with Gasteiger partial charge in [-0.15, -0.1) is 5.10 Å². The second-order valence-electron chi connectivity index (χ2n) is 9.24. The summed E-state index contributed by atoms with van der Waals surface area (Å²) in [7, 11) is 1.48. The van der Waals surface area contributed by atoms with Crippen LogP contribution in [0.1, 0.15) is 41.9 Å². The van der Waals surface area contributed by atoms with Crippen LogP contribution >= 0.6 is 0 Å². The topological polar surface area (TPSA) is 160 Å². The van der Waals surface area contributed by atoms with Gasteiger partial charge in [0.15, 0.2) is 17.3 Å². The Morgan fingerprint density at radius 1 is 1.25 bits per heavy atom. The summed E-state index contributed by atoms with van der Waals surface area (Å²) in [5, 5.41) is 18.1. The van der Waals surface area contributed by atoms with Crippen LogP contribution < -0.4 is 31.5 Å². The SMILES string of the molecule is COc1cc(C(Nc2ccc(C(=N)N)cc2)c2nn(-c3ccccc3NC(C)=O)c(=O)[nH]2)c(F)c2c1OCCC2. The van der Waals surface area contributed by atoms with Crippen molar-refractivity contribution in [1.82, 2.24) is 14.8 Å². The number of methoxy groups -OCH3 is 1. The van der Waals surface area contributed by atoms with Gasteiger partial charge >= 0.3 is 5.69 Å². The maximum absolute atomic E-state index is 16.1. The van der Waals surface area contributed by atoms with Crippen molar-refractivity contribution in [3.63, 3.8) is 0 Å². The van der Waals surface area contributed by atoms with E-state index >= 15 is 4.39 Å². The Labute approximate surface area is 228 Å². The minimum atomic E-state index is -0.966. The molecule has 1 amide bonds. The van der Waals surface area contributed by atoms with Gasteiger partial charge < -0.3 is 25.8 Å². The summed E-state index contributed by atoms with van der Waals surface area (Å²) in [6.45, 7) is 1.82. The van der Waals surface area contributed by atoms with Crippen LogP contribution in [0, 0.1) is 11.2 Å². The number of nitrogens with one attached hydrogen (secondary N) is 4. The van der Waals surface area contributed by atoms with Gasteiger partial charge in [0, 0.05) is 29.3 Å². The molecule has 0 aliphatic carbocycles. The number of hydrogen-bond donors (Lipinski definition) is 5. The summed E-state index contributed by atoms with van der Waals surface area (Å²) in [4.78, 5) is 27.6. The first-order chi connectivity index (χ1) is 19.3. The van der Waals surface area contributed by atoms with E-state index in [0.717, 1.165) is 4.68 Å². The lowest BCUT2D eigenvalue weighted by Gasteiger charge is -2.25. The van der Waals surface area contributed by atoms with Crippen LogP contribution in [0.3, 0.4) is 0 Å². The lowest BCUT2D eigenvalue weighted by Crippen LogP contribution is -2.20. The monoisotopic (exact) mass is 545 g/mol. The zero-order valence-corrected chi connectivity index (χ0v) is 21.9. The minimum absolute atomic E-state index is 0.0884. The first-order valence-corrected chi connectivity index (χ1v) is 12.6. The number of nitrogens with two attached hydrogens (primary N) is 1. The fourth-order valence-electron chi connectivity index (χ4n) is 4.65. The Morgan fingerprint density at radius 3 is 2.70 bits per heavy atom. The number of aromatic nitrogens is 3. The van der Waals surface area contributed by atoms with Crippen LogP contribution in [-0.4, -0.2) is 40.2 Å². The summed E-state index contributed by atoms with van der Waals surface area (Å²) in [5.41, 5.74) is 7.39. The predicted molar refractivity (Wildman–Crippen MR) is 148 cm³/mol. The summed E-state index contributed by atoms with van der Waals surface area (Å²) < 4.78 is 28.5. The molecule has 1 aliphatic heterocycles. The Bertz CT molecular complexity index is 1650. The molecule has 2 heterocycles. The quantitative estimate of drug-likeness (QED) is 0.167. The molecule has 3 aromatic carbocycles. The minimum Gasteiger partial charge on any atom is -0.493 e. The average Bonchev–Trinajstić information content (AvgIpc) is 3.33. The number of rotatable bonds is 8. The lowest BCUT2D eigenvalue weighted by atomic mass is 9.96. The fourth-order valence-corrected chi connectivity index (χ4v) is 4.65. The first kappa shape index (κ1) is 26.5. The van der Waals surface area contributed by atoms with Crippen LogP contribution in [0.25, 0.3) is 5.69 Å². The van der Waals surface area contributed by atoms with Gasteiger partial charge in [0.25, 0.3) is 0 Å². The number of H-pyrrole nitrogens is 1. The third-order valence-electron chi connectivity index (χ3n) is 6.51. The van der Waals surface area contributed by atoms with E-state index in [0.29, 0.717) is 59.1 Å². The van der Waals surface area contributed by atoms with E-state index in [9.17, 15) is 9.59 Å². The van der Waals surface area contributed by atoms with Crippen LogP contribution in [0.5, 0.6) is 11.5 Å². The fraction of sp³-hybridized carbons (Fsp3) is 0.214. The van der Waals surface area contributed by atoms with Crippen molar-refractivity contribution in [1.29, 1.82) is 5.41 Å². The third kappa shape index (κ3) is 5.10. The number of amides is 1. The number of amidine groups is 1. The van der Waals surface area contributed by atoms with E-state index in [1.165, 1.54) is 20.1 Å². The molecule has 0 bridgehead atoms. The highest BCUT2D eigenvalue weighted by molar-refractivity contribution is 5.95. The van der Waals surface area contributed by atoms with E-state index in [4.69, 9.17) is 20.6 Å². The Hall–Kier alpha value is -5.13. The van der Waals surface area contributed by atoms with Gasteiger partial charge in [-0.1, -0.05) is 12.1 Å². The summed E-state index contributed by atoms with van der Waals surface area (Å²) >= 11 is 0. The molecule has 6 N–H and O–H groups in total. The molecule has 0 saturated carbocycles. The number of nitrogens with zero attached hydrogens (tertiary/aromatic N) is 2. The summed E-state index contributed by atoms with van der Waals surface area (Å²) in [6, 6.07) is 14.0. The molecule has 0 saturated heterocycles. The largest absolute Gasteiger partial charge is 0.493 e. The van der Waals surface area contributed by atoms with Crippen molar-refractivity contribution in [2.24, 2.45) is 5.73 Å². The maximum Gasteiger partial charge on any atom is 0.348 e. The highest BCUT2D eigenvalue weighted by Gasteiger charge is 2.30. The van der Waals surface area contributed by atoms with E-state index in [-0.39, 0.29) is 23.1 Å². The molecular formula is C28H28FN7O4. The van der Waals surface area contributed by atoms with Crippen molar-refractivity contribution >= 4 is 23.1 Å². The molecule has 12 heteroatoms. The second-order valence-corrected chi connectivity index (χ2v) is 9.24. The number of nitrogen functional groups attached to an aromatic ring is 1. The predicted octanol–water partition coefficient (Wildman–Crippen LogP) is 3.48. The van der Waals surface area contributed by atoms with E-state index in [1.54, 1.807) is 48.5 Å². The molecule has 1 unspecified atom stereocenters. The molecular weight excluding hydrogens is 517 g/mol. The molecule has 4 aromatic rings. The first-order valence-electron chi connectivity index (χ1n) is 12.6. The smallest absolute Gasteiger partial charge is 0.348 e. The Kier molecular flexibility index (Phi) is 7.23. The molecule has 11 nitrogen and oxygen atoms in total. The number of aromatic amines is 1. The highest BCUT2D eigenvalue weighted by atomic mass is 19.1. The van der Waals surface area contributed by atoms with Crippen molar-refractivity contribution in [3.8, 4) is 17.2 Å². The number of benzene rings is 3. The molecule has 0 radical (unpaired) electrons. The maximum atomic E-state index is 16.1. The van der Waals surface area contributed by atoms with Crippen LogP contribution in [-0.2, 0) is 11.2 Å². The van der Waals surface area contributed by atoms with Gasteiger partial charge in [-0.05, 0) is 55.3 Å². The molecule has 1 aromatic heterocycles. The lowest BCUT2D eigenvalue weighted by molar-refractivity contribution is -0.114. The molecule has 0 fully saturated rings. The number of anilines is 2. The van der Waals surface area contributed by atoms with Crippen LogP contribution in [0.2, 0.25) is 0 Å². The number of halogens is 1. The molecule has 206 valence electrons. The molecule has 0 spiro atoms. The Morgan fingerprint density at radius 2 is 2.00 bits per heavy atom. The average molecular weight is 546 g/mol. The van der Waals surface area contributed by atoms with Crippen LogP contribution in [0.4, 0.5) is 15.8 Å². The number of hydrogen-bond acceptors (Lipinski definition) is 7. The Balaban J connectivity index is 1.65. The molecule has 40 heavy (non-hydrogen) atoms. The summed E-state index contributed by atoms with van der Waals surface area (Å²) in [5.74, 6) is -0.0477. The number of carbonyl (C=O) groups excluding carboxylic acids is 1. The second kappa shape index (κ2) is 10.9. The molecule has 5 rings (SSSR count). The summed E-state index contributed by atoms with van der Waals surface area (Å²) in [6.07, 6.45) is 1.10. The zero-order valence-electron chi connectivity index (χ0n) is 21.9. The normalized spacial score (nSPS) is 13.1. The number of para-hydroxylation sites is 2.